The first-order valence-corrected chi connectivity index (χ1v) is 6.99. The van der Waals surface area contributed by atoms with Gasteiger partial charge in [-0.05, 0) is 39.7 Å². The summed E-state index contributed by atoms with van der Waals surface area (Å²) in [5.41, 5.74) is 6.34. The molecule has 0 aromatic carbocycles. The SMILES string of the molecule is CCCC(C)NC(=O)C(C)n1cc(CCCN)nn1. The zero-order chi connectivity index (χ0) is 14.3. The van der Waals surface area contributed by atoms with Gasteiger partial charge in [0.2, 0.25) is 5.91 Å². The average Bonchev–Trinajstić information content (AvgIpc) is 2.84. The fraction of sp³-hybridized carbons (Fsp3) is 0.769. The van der Waals surface area contributed by atoms with E-state index in [4.69, 9.17) is 5.73 Å². The Bertz CT molecular complexity index is 390. The van der Waals surface area contributed by atoms with Gasteiger partial charge in [-0.2, -0.15) is 0 Å². The lowest BCUT2D eigenvalue weighted by Crippen LogP contribution is -2.37. The lowest BCUT2D eigenvalue weighted by molar-refractivity contribution is -0.124. The largest absolute Gasteiger partial charge is 0.352 e. The first kappa shape index (κ1) is 15.6. The van der Waals surface area contributed by atoms with E-state index in [1.54, 1.807) is 4.68 Å². The molecule has 0 aliphatic carbocycles. The molecule has 19 heavy (non-hydrogen) atoms. The third-order valence-electron chi connectivity index (χ3n) is 3.08. The lowest BCUT2D eigenvalue weighted by atomic mass is 10.2. The topological polar surface area (TPSA) is 85.8 Å². The maximum absolute atomic E-state index is 12.0. The third-order valence-corrected chi connectivity index (χ3v) is 3.08. The summed E-state index contributed by atoms with van der Waals surface area (Å²) in [6.45, 7) is 6.59. The number of aromatic nitrogens is 3. The van der Waals surface area contributed by atoms with Crippen LogP contribution >= 0.6 is 0 Å². The minimum Gasteiger partial charge on any atom is -0.352 e. The number of nitrogens with two attached hydrogens (primary N) is 1. The Morgan fingerprint density at radius 1 is 1.53 bits per heavy atom. The van der Waals surface area contributed by atoms with E-state index in [-0.39, 0.29) is 18.0 Å². The van der Waals surface area contributed by atoms with E-state index >= 15 is 0 Å². The van der Waals surface area contributed by atoms with Crippen molar-refractivity contribution in [3.05, 3.63) is 11.9 Å². The van der Waals surface area contributed by atoms with Crippen molar-refractivity contribution < 1.29 is 4.79 Å². The molecular formula is C13H25N5O. The van der Waals surface area contributed by atoms with E-state index < -0.39 is 0 Å². The number of nitrogens with zero attached hydrogens (tertiary/aromatic N) is 3. The maximum Gasteiger partial charge on any atom is 0.244 e. The number of nitrogens with one attached hydrogen (secondary N) is 1. The van der Waals surface area contributed by atoms with Crippen LogP contribution in [0.1, 0.15) is 51.8 Å². The van der Waals surface area contributed by atoms with E-state index in [1.165, 1.54) is 0 Å². The molecule has 6 nitrogen and oxygen atoms in total. The van der Waals surface area contributed by atoms with Crippen molar-refractivity contribution >= 4 is 5.91 Å². The second kappa shape index (κ2) is 7.89. The van der Waals surface area contributed by atoms with Crippen LogP contribution in [0.25, 0.3) is 0 Å². The fourth-order valence-electron chi connectivity index (χ4n) is 1.89. The molecule has 0 radical (unpaired) electrons. The number of amides is 1. The molecule has 2 atom stereocenters. The minimum absolute atomic E-state index is 0.0174. The molecule has 0 fully saturated rings. The summed E-state index contributed by atoms with van der Waals surface area (Å²) in [4.78, 5) is 12.0. The molecule has 0 saturated carbocycles. The summed E-state index contributed by atoms with van der Waals surface area (Å²) in [6.07, 6.45) is 5.55. The predicted molar refractivity (Wildman–Crippen MR) is 74.6 cm³/mol. The number of hydrogen-bond acceptors (Lipinski definition) is 4. The Hall–Kier alpha value is -1.43. The molecule has 0 aliphatic heterocycles. The molecule has 1 aromatic rings. The molecule has 0 aliphatic rings. The van der Waals surface area contributed by atoms with Crippen LogP contribution in [0.2, 0.25) is 0 Å². The van der Waals surface area contributed by atoms with Crippen molar-refractivity contribution in [3.63, 3.8) is 0 Å². The molecule has 108 valence electrons. The highest BCUT2D eigenvalue weighted by Crippen LogP contribution is 2.07. The molecule has 0 spiro atoms. The molecular weight excluding hydrogens is 242 g/mol. The van der Waals surface area contributed by atoms with Gasteiger partial charge in [0.1, 0.15) is 6.04 Å². The van der Waals surface area contributed by atoms with Crippen molar-refractivity contribution in [2.75, 3.05) is 6.54 Å². The van der Waals surface area contributed by atoms with Crippen LogP contribution in [0, 0.1) is 0 Å². The smallest absolute Gasteiger partial charge is 0.244 e. The van der Waals surface area contributed by atoms with Gasteiger partial charge in [-0.15, -0.1) is 5.10 Å². The Labute approximate surface area is 114 Å². The van der Waals surface area contributed by atoms with Crippen LogP contribution < -0.4 is 11.1 Å². The highest BCUT2D eigenvalue weighted by atomic mass is 16.2. The summed E-state index contributed by atoms with van der Waals surface area (Å²) in [7, 11) is 0. The molecule has 2 unspecified atom stereocenters. The molecule has 1 heterocycles. The molecule has 1 aromatic heterocycles. The first-order chi connectivity index (χ1) is 9.08. The van der Waals surface area contributed by atoms with E-state index in [0.29, 0.717) is 6.54 Å². The van der Waals surface area contributed by atoms with Crippen molar-refractivity contribution in [1.82, 2.24) is 20.3 Å². The Kier molecular flexibility index (Phi) is 6.49. The first-order valence-electron chi connectivity index (χ1n) is 6.99. The lowest BCUT2D eigenvalue weighted by Gasteiger charge is -2.16. The Morgan fingerprint density at radius 2 is 2.26 bits per heavy atom. The standard InChI is InChI=1S/C13H25N5O/c1-4-6-10(2)15-13(19)11(3)18-9-12(16-17-18)7-5-8-14/h9-11H,4-8,14H2,1-3H3,(H,15,19). The monoisotopic (exact) mass is 267 g/mol. The summed E-state index contributed by atoms with van der Waals surface area (Å²) in [5, 5.41) is 11.0. The van der Waals surface area contributed by atoms with Crippen LogP contribution in [-0.4, -0.2) is 33.5 Å². The highest BCUT2D eigenvalue weighted by Gasteiger charge is 2.18. The molecule has 3 N–H and O–H groups in total. The van der Waals surface area contributed by atoms with E-state index in [1.807, 2.05) is 20.0 Å². The summed E-state index contributed by atoms with van der Waals surface area (Å²) < 4.78 is 1.61. The van der Waals surface area contributed by atoms with E-state index in [2.05, 4.69) is 22.6 Å². The third kappa shape index (κ3) is 4.98. The van der Waals surface area contributed by atoms with Gasteiger partial charge in [0.25, 0.3) is 0 Å². The zero-order valence-corrected chi connectivity index (χ0v) is 12.1. The summed E-state index contributed by atoms with van der Waals surface area (Å²) >= 11 is 0. The van der Waals surface area contributed by atoms with Gasteiger partial charge >= 0.3 is 0 Å². The fourth-order valence-corrected chi connectivity index (χ4v) is 1.89. The second-order valence-electron chi connectivity index (χ2n) is 4.96. The van der Waals surface area contributed by atoms with Gasteiger partial charge in [0, 0.05) is 12.2 Å². The summed E-state index contributed by atoms with van der Waals surface area (Å²) in [5.74, 6) is -0.0174. The van der Waals surface area contributed by atoms with E-state index in [0.717, 1.165) is 31.4 Å². The van der Waals surface area contributed by atoms with Crippen molar-refractivity contribution in [1.29, 1.82) is 0 Å². The molecule has 0 bridgehead atoms. The number of carbonyl (C=O) groups excluding carboxylic acids is 1. The van der Waals surface area contributed by atoms with Gasteiger partial charge < -0.3 is 11.1 Å². The van der Waals surface area contributed by atoms with Crippen molar-refractivity contribution in [3.8, 4) is 0 Å². The molecule has 6 heteroatoms. The highest BCUT2D eigenvalue weighted by molar-refractivity contribution is 5.79. The van der Waals surface area contributed by atoms with Gasteiger partial charge in [0.15, 0.2) is 0 Å². The molecule has 0 saturated heterocycles. The normalized spacial score (nSPS) is 14.1. The van der Waals surface area contributed by atoms with Gasteiger partial charge in [-0.1, -0.05) is 18.6 Å². The number of carbonyl (C=O) groups is 1. The van der Waals surface area contributed by atoms with Gasteiger partial charge in [-0.3, -0.25) is 4.79 Å². The molecule has 1 rings (SSSR count). The average molecular weight is 267 g/mol. The number of aryl methyl sites for hydroxylation is 1. The van der Waals surface area contributed by atoms with Crippen LogP contribution in [0.4, 0.5) is 0 Å². The van der Waals surface area contributed by atoms with Crippen LogP contribution in [0.3, 0.4) is 0 Å². The van der Waals surface area contributed by atoms with Crippen LogP contribution in [0.5, 0.6) is 0 Å². The van der Waals surface area contributed by atoms with Gasteiger partial charge in [0.05, 0.1) is 5.69 Å². The second-order valence-corrected chi connectivity index (χ2v) is 4.96. The quantitative estimate of drug-likeness (QED) is 0.736. The zero-order valence-electron chi connectivity index (χ0n) is 12.1. The summed E-state index contributed by atoms with van der Waals surface area (Å²) in [6, 6.07) is -0.140. The molecule has 1 amide bonds. The Balaban J connectivity index is 2.53. The predicted octanol–water partition coefficient (Wildman–Crippen LogP) is 1.04. The van der Waals surface area contributed by atoms with Crippen LogP contribution in [-0.2, 0) is 11.2 Å². The van der Waals surface area contributed by atoms with Crippen molar-refractivity contribution in [2.45, 2.75) is 58.5 Å². The minimum atomic E-state index is -0.335. The number of hydrogen-bond donors (Lipinski definition) is 2. The number of rotatable bonds is 8. The van der Waals surface area contributed by atoms with Gasteiger partial charge in [-0.25, -0.2) is 4.68 Å². The Morgan fingerprint density at radius 3 is 2.89 bits per heavy atom. The van der Waals surface area contributed by atoms with Crippen LogP contribution in [0.15, 0.2) is 6.20 Å². The maximum atomic E-state index is 12.0. The van der Waals surface area contributed by atoms with E-state index in [9.17, 15) is 4.79 Å². The van der Waals surface area contributed by atoms with Crippen molar-refractivity contribution in [2.24, 2.45) is 5.73 Å².